The average Bonchev–Trinajstić information content (AvgIpc) is 2.40. The van der Waals surface area contributed by atoms with E-state index in [1.165, 1.54) is 18.2 Å². The van der Waals surface area contributed by atoms with Crippen molar-refractivity contribution in [2.24, 2.45) is 0 Å². The van der Waals surface area contributed by atoms with Crippen LogP contribution in [-0.2, 0) is 6.42 Å². The van der Waals surface area contributed by atoms with Crippen LogP contribution < -0.4 is 4.74 Å². The summed E-state index contributed by atoms with van der Waals surface area (Å²) in [6.07, 6.45) is -4.79. The third-order valence-corrected chi connectivity index (χ3v) is 2.90. The number of ketones is 1. The number of hydrogen-bond acceptors (Lipinski definition) is 2. The van der Waals surface area contributed by atoms with Crippen molar-refractivity contribution in [3.05, 3.63) is 65.2 Å². The van der Waals surface area contributed by atoms with E-state index >= 15 is 0 Å². The van der Waals surface area contributed by atoms with Gasteiger partial charge in [0, 0.05) is 6.42 Å². The Morgan fingerprint density at radius 3 is 2.29 bits per heavy atom. The van der Waals surface area contributed by atoms with Gasteiger partial charge in [-0.25, -0.2) is 0 Å². The monoisotopic (exact) mass is 294 g/mol. The van der Waals surface area contributed by atoms with Crippen molar-refractivity contribution in [1.29, 1.82) is 0 Å². The van der Waals surface area contributed by atoms with Gasteiger partial charge in [-0.1, -0.05) is 42.0 Å². The van der Waals surface area contributed by atoms with E-state index in [-0.39, 0.29) is 12.0 Å². The summed E-state index contributed by atoms with van der Waals surface area (Å²) in [5.41, 5.74) is 1.72. The first-order chi connectivity index (χ1) is 9.85. The standard InChI is InChI=1S/C16H13F3O2/c1-11-6-8-12(9-7-11)10-14(20)13-4-2-3-5-15(13)21-16(17,18)19/h2-9H,10H2,1H3. The second kappa shape index (κ2) is 5.99. The third-order valence-electron chi connectivity index (χ3n) is 2.90. The van der Waals surface area contributed by atoms with Crippen molar-refractivity contribution in [3.63, 3.8) is 0 Å². The van der Waals surface area contributed by atoms with Crippen LogP contribution in [0.2, 0.25) is 0 Å². The van der Waals surface area contributed by atoms with Gasteiger partial charge in [-0.05, 0) is 24.6 Å². The molecule has 0 aromatic heterocycles. The normalized spacial score (nSPS) is 11.2. The summed E-state index contributed by atoms with van der Waals surface area (Å²) >= 11 is 0. The van der Waals surface area contributed by atoms with Gasteiger partial charge in [-0.2, -0.15) is 0 Å². The molecule has 2 nitrogen and oxygen atoms in total. The van der Waals surface area contributed by atoms with Crippen LogP contribution in [0.25, 0.3) is 0 Å². The molecule has 2 aromatic carbocycles. The van der Waals surface area contributed by atoms with Crippen LogP contribution in [0.5, 0.6) is 5.75 Å². The van der Waals surface area contributed by atoms with Gasteiger partial charge in [0.05, 0.1) is 5.56 Å². The minimum Gasteiger partial charge on any atom is -0.405 e. The zero-order valence-electron chi connectivity index (χ0n) is 11.3. The Morgan fingerprint density at radius 1 is 1.05 bits per heavy atom. The topological polar surface area (TPSA) is 26.3 Å². The van der Waals surface area contributed by atoms with Gasteiger partial charge in [0.1, 0.15) is 5.75 Å². The molecule has 21 heavy (non-hydrogen) atoms. The van der Waals surface area contributed by atoms with E-state index in [9.17, 15) is 18.0 Å². The molecule has 0 aliphatic carbocycles. The highest BCUT2D eigenvalue weighted by atomic mass is 19.4. The zero-order valence-corrected chi connectivity index (χ0v) is 11.3. The molecule has 0 atom stereocenters. The quantitative estimate of drug-likeness (QED) is 0.785. The molecular weight excluding hydrogens is 281 g/mol. The lowest BCUT2D eigenvalue weighted by atomic mass is 10.0. The van der Waals surface area contributed by atoms with E-state index in [2.05, 4.69) is 4.74 Å². The number of rotatable bonds is 4. The molecule has 0 amide bonds. The van der Waals surface area contributed by atoms with E-state index in [0.717, 1.165) is 17.2 Å². The van der Waals surface area contributed by atoms with Gasteiger partial charge in [0.2, 0.25) is 0 Å². The molecule has 2 aromatic rings. The first kappa shape index (κ1) is 15.1. The fourth-order valence-electron chi connectivity index (χ4n) is 1.90. The Kier molecular flexibility index (Phi) is 4.31. The van der Waals surface area contributed by atoms with Crippen molar-refractivity contribution in [3.8, 4) is 5.75 Å². The molecule has 0 spiro atoms. The maximum atomic E-state index is 12.3. The molecule has 5 heteroatoms. The number of carbonyl (C=O) groups excluding carboxylic acids is 1. The summed E-state index contributed by atoms with van der Waals surface area (Å²) in [6, 6.07) is 12.6. The zero-order chi connectivity index (χ0) is 15.5. The number of ether oxygens (including phenoxy) is 1. The van der Waals surface area contributed by atoms with E-state index in [1.807, 2.05) is 19.1 Å². The molecule has 0 heterocycles. The molecule has 0 fully saturated rings. The smallest absolute Gasteiger partial charge is 0.405 e. The van der Waals surface area contributed by atoms with E-state index < -0.39 is 17.9 Å². The molecule has 0 saturated carbocycles. The third kappa shape index (κ3) is 4.34. The Morgan fingerprint density at radius 2 is 1.67 bits per heavy atom. The molecule has 0 aliphatic heterocycles. The Labute approximate surface area is 120 Å². The molecule has 0 N–H and O–H groups in total. The summed E-state index contributed by atoms with van der Waals surface area (Å²) in [6.45, 7) is 1.91. The van der Waals surface area contributed by atoms with Crippen molar-refractivity contribution >= 4 is 5.78 Å². The first-order valence-corrected chi connectivity index (χ1v) is 6.29. The van der Waals surface area contributed by atoms with Crippen LogP contribution >= 0.6 is 0 Å². The van der Waals surface area contributed by atoms with Crippen molar-refractivity contribution in [1.82, 2.24) is 0 Å². The summed E-state index contributed by atoms with van der Waals surface area (Å²) in [5.74, 6) is -0.888. The fraction of sp³-hybridized carbons (Fsp3) is 0.188. The molecule has 110 valence electrons. The van der Waals surface area contributed by atoms with Crippen molar-refractivity contribution < 1.29 is 22.7 Å². The molecule has 0 bridgehead atoms. The van der Waals surface area contributed by atoms with Crippen molar-refractivity contribution in [2.75, 3.05) is 0 Å². The molecule has 0 aliphatic rings. The second-order valence-electron chi connectivity index (χ2n) is 4.63. The molecular formula is C16H13F3O2. The van der Waals surface area contributed by atoms with Gasteiger partial charge in [0.25, 0.3) is 0 Å². The van der Waals surface area contributed by atoms with Gasteiger partial charge < -0.3 is 4.74 Å². The van der Waals surface area contributed by atoms with Gasteiger partial charge >= 0.3 is 6.36 Å². The highest BCUT2D eigenvalue weighted by molar-refractivity contribution is 5.99. The summed E-state index contributed by atoms with van der Waals surface area (Å²) in [4.78, 5) is 12.2. The average molecular weight is 294 g/mol. The second-order valence-corrected chi connectivity index (χ2v) is 4.63. The highest BCUT2D eigenvalue weighted by Gasteiger charge is 2.32. The van der Waals surface area contributed by atoms with Crippen LogP contribution in [0, 0.1) is 6.92 Å². The SMILES string of the molecule is Cc1ccc(CC(=O)c2ccccc2OC(F)(F)F)cc1. The number of aryl methyl sites for hydroxylation is 1. The lowest BCUT2D eigenvalue weighted by molar-refractivity contribution is -0.274. The molecule has 0 radical (unpaired) electrons. The number of benzene rings is 2. The summed E-state index contributed by atoms with van der Waals surface area (Å²) < 4.78 is 40.9. The minimum absolute atomic E-state index is 0.0263. The van der Waals surface area contributed by atoms with Gasteiger partial charge in [-0.3, -0.25) is 4.79 Å². The first-order valence-electron chi connectivity index (χ1n) is 6.29. The number of halogens is 3. The summed E-state index contributed by atoms with van der Waals surface area (Å²) in [7, 11) is 0. The number of carbonyl (C=O) groups is 1. The predicted octanol–water partition coefficient (Wildman–Crippen LogP) is 4.32. The maximum absolute atomic E-state index is 12.3. The molecule has 0 saturated heterocycles. The molecule has 0 unspecified atom stereocenters. The van der Waals surface area contributed by atoms with Gasteiger partial charge in [-0.15, -0.1) is 13.2 Å². The minimum atomic E-state index is -4.82. The van der Waals surface area contributed by atoms with E-state index in [4.69, 9.17) is 0 Å². The molecule has 2 rings (SSSR count). The Hall–Kier alpha value is -2.30. The van der Waals surface area contributed by atoms with Crippen LogP contribution in [0.1, 0.15) is 21.5 Å². The number of alkyl halides is 3. The lowest BCUT2D eigenvalue weighted by Crippen LogP contribution is -2.19. The maximum Gasteiger partial charge on any atom is 0.573 e. The largest absolute Gasteiger partial charge is 0.573 e. The van der Waals surface area contributed by atoms with E-state index in [0.29, 0.717) is 0 Å². The highest BCUT2D eigenvalue weighted by Crippen LogP contribution is 2.27. The van der Waals surface area contributed by atoms with Crippen LogP contribution in [0.4, 0.5) is 13.2 Å². The van der Waals surface area contributed by atoms with Crippen LogP contribution in [-0.4, -0.2) is 12.1 Å². The number of para-hydroxylation sites is 1. The predicted molar refractivity (Wildman–Crippen MR) is 72.3 cm³/mol. The van der Waals surface area contributed by atoms with Crippen molar-refractivity contribution in [2.45, 2.75) is 19.7 Å². The fourth-order valence-corrected chi connectivity index (χ4v) is 1.90. The van der Waals surface area contributed by atoms with Crippen LogP contribution in [0.3, 0.4) is 0 Å². The number of hydrogen-bond donors (Lipinski definition) is 0. The van der Waals surface area contributed by atoms with Crippen LogP contribution in [0.15, 0.2) is 48.5 Å². The van der Waals surface area contributed by atoms with Gasteiger partial charge in [0.15, 0.2) is 5.78 Å². The Bertz CT molecular complexity index is 631. The summed E-state index contributed by atoms with van der Waals surface area (Å²) in [5, 5.41) is 0. The lowest BCUT2D eigenvalue weighted by Gasteiger charge is -2.12. The number of Topliss-reactive ketones (excluding diaryl/α,β-unsaturated/α-hetero) is 1. The van der Waals surface area contributed by atoms with E-state index in [1.54, 1.807) is 12.1 Å². The Balaban J connectivity index is 2.21.